The van der Waals surface area contributed by atoms with Crippen LogP contribution >= 0.6 is 0 Å². The molecule has 1 unspecified atom stereocenters. The number of benzene rings is 1. The van der Waals surface area contributed by atoms with Gasteiger partial charge in [0.1, 0.15) is 6.04 Å². The van der Waals surface area contributed by atoms with E-state index in [1.807, 2.05) is 30.3 Å². The van der Waals surface area contributed by atoms with Crippen LogP contribution in [-0.4, -0.2) is 49.4 Å². The molecule has 6 heteroatoms. The van der Waals surface area contributed by atoms with Gasteiger partial charge in [0.2, 0.25) is 15.9 Å². The summed E-state index contributed by atoms with van der Waals surface area (Å²) in [6, 6.07) is 9.13. The molecular formula is C14H20N2O3S. The molecular weight excluding hydrogens is 276 g/mol. The summed E-state index contributed by atoms with van der Waals surface area (Å²) < 4.78 is 24.7. The molecule has 1 aromatic carbocycles. The Morgan fingerprint density at radius 3 is 2.60 bits per heavy atom. The van der Waals surface area contributed by atoms with Crippen LogP contribution in [0.4, 0.5) is 0 Å². The molecule has 1 amide bonds. The molecule has 20 heavy (non-hydrogen) atoms. The molecule has 1 aromatic rings. The number of rotatable bonds is 4. The molecule has 1 aliphatic rings. The summed E-state index contributed by atoms with van der Waals surface area (Å²) >= 11 is 0. The van der Waals surface area contributed by atoms with Crippen molar-refractivity contribution in [3.8, 4) is 0 Å². The summed E-state index contributed by atoms with van der Waals surface area (Å²) in [6.07, 6.45) is 2.50. The Hall–Kier alpha value is -1.40. The number of sulfonamides is 1. The first-order chi connectivity index (χ1) is 9.39. The van der Waals surface area contributed by atoms with Crippen LogP contribution in [0.5, 0.6) is 0 Å². The second-order valence-corrected chi connectivity index (χ2v) is 7.15. The smallest absolute Gasteiger partial charge is 0.241 e. The highest BCUT2D eigenvalue weighted by atomic mass is 32.2. The highest BCUT2D eigenvalue weighted by molar-refractivity contribution is 7.88. The van der Waals surface area contributed by atoms with Gasteiger partial charge in [0.15, 0.2) is 0 Å². The second-order valence-electron chi connectivity index (χ2n) is 5.21. The van der Waals surface area contributed by atoms with Crippen molar-refractivity contribution in [2.75, 3.05) is 19.8 Å². The van der Waals surface area contributed by atoms with Crippen molar-refractivity contribution in [2.24, 2.45) is 0 Å². The van der Waals surface area contributed by atoms with Crippen LogP contribution in [-0.2, 0) is 21.4 Å². The van der Waals surface area contributed by atoms with Gasteiger partial charge in [-0.15, -0.1) is 0 Å². The second kappa shape index (κ2) is 5.93. The average Bonchev–Trinajstić information content (AvgIpc) is 2.88. The van der Waals surface area contributed by atoms with E-state index in [9.17, 15) is 13.2 Å². The minimum atomic E-state index is -3.32. The third-order valence-electron chi connectivity index (χ3n) is 3.55. The van der Waals surface area contributed by atoms with Crippen molar-refractivity contribution in [1.82, 2.24) is 9.21 Å². The van der Waals surface area contributed by atoms with Gasteiger partial charge >= 0.3 is 0 Å². The Morgan fingerprint density at radius 2 is 2.00 bits per heavy atom. The van der Waals surface area contributed by atoms with E-state index in [0.29, 0.717) is 19.5 Å². The van der Waals surface area contributed by atoms with Gasteiger partial charge in [-0.25, -0.2) is 8.42 Å². The fraction of sp³-hybridized carbons (Fsp3) is 0.500. The summed E-state index contributed by atoms with van der Waals surface area (Å²) in [7, 11) is -1.60. The van der Waals surface area contributed by atoms with Crippen molar-refractivity contribution in [3.63, 3.8) is 0 Å². The average molecular weight is 296 g/mol. The molecule has 0 saturated carbocycles. The first-order valence-electron chi connectivity index (χ1n) is 6.65. The van der Waals surface area contributed by atoms with Crippen LogP contribution in [0.15, 0.2) is 30.3 Å². The highest BCUT2D eigenvalue weighted by Crippen LogP contribution is 2.22. The Labute approximate surface area is 120 Å². The zero-order chi connectivity index (χ0) is 14.8. The summed E-state index contributed by atoms with van der Waals surface area (Å²) in [4.78, 5) is 14.0. The lowest BCUT2D eigenvalue weighted by Crippen LogP contribution is -2.45. The summed E-state index contributed by atoms with van der Waals surface area (Å²) in [5.74, 6) is -0.128. The van der Waals surface area contributed by atoms with E-state index in [2.05, 4.69) is 0 Å². The van der Waals surface area contributed by atoms with E-state index in [1.54, 1.807) is 11.9 Å². The van der Waals surface area contributed by atoms with E-state index < -0.39 is 16.1 Å². The Morgan fingerprint density at radius 1 is 1.35 bits per heavy atom. The predicted molar refractivity (Wildman–Crippen MR) is 77.5 cm³/mol. The molecule has 5 nitrogen and oxygen atoms in total. The van der Waals surface area contributed by atoms with E-state index in [0.717, 1.165) is 18.2 Å². The van der Waals surface area contributed by atoms with E-state index in [4.69, 9.17) is 0 Å². The van der Waals surface area contributed by atoms with Gasteiger partial charge in [0, 0.05) is 20.1 Å². The number of nitrogens with zero attached hydrogens (tertiary/aromatic N) is 2. The Bertz CT molecular complexity index is 571. The fourth-order valence-electron chi connectivity index (χ4n) is 2.57. The number of hydrogen-bond acceptors (Lipinski definition) is 3. The van der Waals surface area contributed by atoms with Crippen molar-refractivity contribution in [2.45, 2.75) is 25.4 Å². The Balaban J connectivity index is 2.07. The van der Waals surface area contributed by atoms with E-state index in [1.165, 1.54) is 4.31 Å². The first-order valence-corrected chi connectivity index (χ1v) is 8.50. The number of carbonyl (C=O) groups is 1. The van der Waals surface area contributed by atoms with Gasteiger partial charge in [-0.3, -0.25) is 4.79 Å². The molecule has 0 bridgehead atoms. The van der Waals surface area contributed by atoms with E-state index in [-0.39, 0.29) is 5.91 Å². The molecule has 0 radical (unpaired) electrons. The molecule has 1 saturated heterocycles. The van der Waals surface area contributed by atoms with Crippen LogP contribution in [0.3, 0.4) is 0 Å². The minimum absolute atomic E-state index is 0.128. The molecule has 110 valence electrons. The van der Waals surface area contributed by atoms with Crippen molar-refractivity contribution in [3.05, 3.63) is 35.9 Å². The van der Waals surface area contributed by atoms with Crippen LogP contribution in [0.2, 0.25) is 0 Å². The van der Waals surface area contributed by atoms with Crippen molar-refractivity contribution >= 4 is 15.9 Å². The maximum absolute atomic E-state index is 12.4. The quantitative estimate of drug-likeness (QED) is 0.835. The number of likely N-dealkylation sites (N-methyl/N-ethyl adjacent to an activating group) is 1. The zero-order valence-electron chi connectivity index (χ0n) is 11.8. The van der Waals surface area contributed by atoms with E-state index >= 15 is 0 Å². The number of hydrogen-bond donors (Lipinski definition) is 0. The first kappa shape index (κ1) is 15.0. The largest absolute Gasteiger partial charge is 0.340 e. The summed E-state index contributed by atoms with van der Waals surface area (Å²) in [5.41, 5.74) is 1.03. The summed E-state index contributed by atoms with van der Waals surface area (Å²) in [5, 5.41) is 0. The Kier molecular flexibility index (Phi) is 4.45. The van der Waals surface area contributed by atoms with Crippen LogP contribution in [0.25, 0.3) is 0 Å². The molecule has 1 aliphatic heterocycles. The van der Waals surface area contributed by atoms with Gasteiger partial charge in [0.25, 0.3) is 0 Å². The van der Waals surface area contributed by atoms with Gasteiger partial charge in [-0.2, -0.15) is 4.31 Å². The third-order valence-corrected chi connectivity index (χ3v) is 4.84. The van der Waals surface area contributed by atoms with Crippen LogP contribution in [0, 0.1) is 0 Å². The zero-order valence-corrected chi connectivity index (χ0v) is 12.6. The topological polar surface area (TPSA) is 57.7 Å². The molecule has 0 aromatic heterocycles. The van der Waals surface area contributed by atoms with Crippen LogP contribution < -0.4 is 0 Å². The summed E-state index contributed by atoms with van der Waals surface area (Å²) in [6.45, 7) is 0.933. The van der Waals surface area contributed by atoms with Crippen molar-refractivity contribution < 1.29 is 13.2 Å². The van der Waals surface area contributed by atoms with Crippen molar-refractivity contribution in [1.29, 1.82) is 0 Å². The molecule has 1 fully saturated rings. The number of carbonyl (C=O) groups excluding carboxylic acids is 1. The monoisotopic (exact) mass is 296 g/mol. The minimum Gasteiger partial charge on any atom is -0.340 e. The lowest BCUT2D eigenvalue weighted by atomic mass is 10.1. The van der Waals surface area contributed by atoms with Gasteiger partial charge in [0.05, 0.1) is 6.26 Å². The normalized spacial score (nSPS) is 20.0. The van der Waals surface area contributed by atoms with Gasteiger partial charge in [-0.05, 0) is 18.4 Å². The maximum atomic E-state index is 12.4. The standard InChI is InChI=1S/C14H20N2O3S/c1-15(11-12-7-4-3-5-8-12)14(17)13-9-6-10-16(13)20(2,18)19/h3-5,7-8,13H,6,9-11H2,1-2H3. The fourth-order valence-corrected chi connectivity index (χ4v) is 3.69. The molecule has 0 N–H and O–H groups in total. The van der Waals surface area contributed by atoms with Gasteiger partial charge in [-0.1, -0.05) is 30.3 Å². The number of amides is 1. The molecule has 1 heterocycles. The lowest BCUT2D eigenvalue weighted by Gasteiger charge is -2.26. The molecule has 0 spiro atoms. The molecule has 0 aliphatic carbocycles. The predicted octanol–water partition coefficient (Wildman–Crippen LogP) is 1.07. The van der Waals surface area contributed by atoms with Gasteiger partial charge < -0.3 is 4.90 Å². The third kappa shape index (κ3) is 3.37. The van der Waals surface area contributed by atoms with Crippen LogP contribution in [0.1, 0.15) is 18.4 Å². The lowest BCUT2D eigenvalue weighted by molar-refractivity contribution is -0.133. The molecule has 2 rings (SSSR count). The SMILES string of the molecule is CN(Cc1ccccc1)C(=O)C1CCCN1S(C)(=O)=O. The highest BCUT2D eigenvalue weighted by Gasteiger charge is 2.37. The molecule has 1 atom stereocenters. The maximum Gasteiger partial charge on any atom is 0.241 e.